The molecule has 0 unspecified atom stereocenters. The normalized spacial score (nSPS) is 18.3. The van der Waals surface area contributed by atoms with Crippen molar-refractivity contribution < 1.29 is 4.52 Å². The average Bonchev–Trinajstić information content (AvgIpc) is 3.03. The Balaban J connectivity index is 1.56. The summed E-state index contributed by atoms with van der Waals surface area (Å²) in [5.41, 5.74) is 2.31. The lowest BCUT2D eigenvalue weighted by Crippen LogP contribution is -2.33. The molecule has 0 amide bonds. The molecule has 1 aliphatic heterocycles. The molecule has 0 spiro atoms. The second-order valence-electron chi connectivity index (χ2n) is 4.81. The number of piperidine rings is 1. The van der Waals surface area contributed by atoms with Gasteiger partial charge >= 0.3 is 0 Å². The highest BCUT2D eigenvalue weighted by Crippen LogP contribution is 2.26. The molecule has 18 heavy (non-hydrogen) atoms. The van der Waals surface area contributed by atoms with E-state index in [4.69, 9.17) is 4.52 Å². The third-order valence-electron chi connectivity index (χ3n) is 3.64. The summed E-state index contributed by atoms with van der Waals surface area (Å²) in [7, 11) is 0. The van der Waals surface area contributed by atoms with Gasteiger partial charge in [0.1, 0.15) is 0 Å². The number of rotatable bonds is 3. The van der Waals surface area contributed by atoms with Crippen LogP contribution in [0.4, 0.5) is 0 Å². The molecule has 0 saturated carbocycles. The van der Waals surface area contributed by atoms with Gasteiger partial charge < -0.3 is 9.51 Å². The summed E-state index contributed by atoms with van der Waals surface area (Å²) >= 11 is 0. The lowest BCUT2D eigenvalue weighted by Gasteiger charge is -2.30. The molecule has 0 aromatic carbocycles. The molecule has 96 valence electrons. The highest BCUT2D eigenvalue weighted by atomic mass is 16.5. The summed E-state index contributed by atoms with van der Waals surface area (Å²) < 4.78 is 4.81. The van der Waals surface area contributed by atoms with Gasteiger partial charge in [-0.3, -0.25) is 4.90 Å². The fraction of sp³-hybridized carbons (Fsp3) is 0.583. The Labute approximate surface area is 105 Å². The largest absolute Gasteiger partial charge is 0.348 e. The van der Waals surface area contributed by atoms with E-state index in [9.17, 15) is 0 Å². The first-order chi connectivity index (χ1) is 8.83. The highest BCUT2D eigenvalue weighted by molar-refractivity contribution is 5.08. The van der Waals surface area contributed by atoms with Gasteiger partial charge in [-0.25, -0.2) is 4.98 Å². The number of hydrogen-bond acceptors (Lipinski definition) is 5. The number of aromatic nitrogens is 4. The van der Waals surface area contributed by atoms with Crippen LogP contribution in [0.1, 0.15) is 36.0 Å². The van der Waals surface area contributed by atoms with Crippen LogP contribution in [0.2, 0.25) is 0 Å². The smallest absolute Gasteiger partial charge is 0.213 e. The van der Waals surface area contributed by atoms with Crippen LogP contribution in [0.3, 0.4) is 0 Å². The lowest BCUT2D eigenvalue weighted by atomic mass is 9.96. The molecule has 3 rings (SSSR count). The van der Waals surface area contributed by atoms with Crippen LogP contribution in [-0.2, 0) is 6.54 Å². The molecule has 1 N–H and O–H groups in total. The second-order valence-corrected chi connectivity index (χ2v) is 4.81. The zero-order valence-electron chi connectivity index (χ0n) is 10.5. The van der Waals surface area contributed by atoms with Gasteiger partial charge in [-0.1, -0.05) is 5.16 Å². The minimum absolute atomic E-state index is 0.445. The number of hydrogen-bond donors (Lipinski definition) is 1. The van der Waals surface area contributed by atoms with E-state index >= 15 is 0 Å². The van der Waals surface area contributed by atoms with E-state index in [0.29, 0.717) is 5.92 Å². The molecule has 6 nitrogen and oxygen atoms in total. The van der Waals surface area contributed by atoms with Crippen molar-refractivity contribution in [2.45, 2.75) is 32.2 Å². The fourth-order valence-corrected chi connectivity index (χ4v) is 2.47. The molecule has 3 heterocycles. The molecule has 0 radical (unpaired) electrons. The second kappa shape index (κ2) is 4.89. The van der Waals surface area contributed by atoms with Crippen molar-refractivity contribution in [3.8, 4) is 0 Å². The Morgan fingerprint density at radius 1 is 1.39 bits per heavy atom. The van der Waals surface area contributed by atoms with Crippen LogP contribution < -0.4 is 0 Å². The summed E-state index contributed by atoms with van der Waals surface area (Å²) in [6.45, 7) is 5.11. The standard InChI is InChI=1S/C12H17N5O/c1-9-11(14-7-13-9)6-17-4-2-10(3-5-17)12-15-8-18-16-12/h7-8,10H,2-6H2,1H3,(H,13,14). The predicted octanol–water partition coefficient (Wildman–Crippen LogP) is 1.48. The first-order valence-corrected chi connectivity index (χ1v) is 6.30. The first-order valence-electron chi connectivity index (χ1n) is 6.30. The van der Waals surface area contributed by atoms with Crippen LogP contribution in [0.15, 0.2) is 17.2 Å². The van der Waals surface area contributed by atoms with E-state index in [1.165, 1.54) is 6.39 Å². The van der Waals surface area contributed by atoms with Gasteiger partial charge in [0.15, 0.2) is 5.82 Å². The number of imidazole rings is 1. The van der Waals surface area contributed by atoms with Crippen LogP contribution in [0, 0.1) is 6.92 Å². The number of likely N-dealkylation sites (tertiary alicyclic amines) is 1. The maximum Gasteiger partial charge on any atom is 0.213 e. The molecule has 1 saturated heterocycles. The van der Waals surface area contributed by atoms with Gasteiger partial charge in [0.2, 0.25) is 6.39 Å². The van der Waals surface area contributed by atoms with Crippen molar-refractivity contribution in [3.05, 3.63) is 29.9 Å². The number of H-pyrrole nitrogens is 1. The van der Waals surface area contributed by atoms with Gasteiger partial charge in [0.25, 0.3) is 0 Å². The summed E-state index contributed by atoms with van der Waals surface area (Å²) in [6, 6.07) is 0. The third kappa shape index (κ3) is 2.28. The van der Waals surface area contributed by atoms with E-state index in [1.54, 1.807) is 6.33 Å². The fourth-order valence-electron chi connectivity index (χ4n) is 2.47. The van der Waals surface area contributed by atoms with Crippen molar-refractivity contribution in [1.29, 1.82) is 0 Å². The van der Waals surface area contributed by atoms with Gasteiger partial charge in [-0.05, 0) is 32.9 Å². The Morgan fingerprint density at radius 2 is 2.22 bits per heavy atom. The Kier molecular flexibility index (Phi) is 3.10. The van der Waals surface area contributed by atoms with Crippen LogP contribution in [0.25, 0.3) is 0 Å². The van der Waals surface area contributed by atoms with Gasteiger partial charge in [0, 0.05) is 18.2 Å². The zero-order valence-corrected chi connectivity index (χ0v) is 10.5. The molecular formula is C12H17N5O. The maximum atomic E-state index is 4.81. The Morgan fingerprint density at radius 3 is 2.83 bits per heavy atom. The van der Waals surface area contributed by atoms with Crippen molar-refractivity contribution in [3.63, 3.8) is 0 Å². The molecule has 2 aromatic rings. The molecule has 0 atom stereocenters. The van der Waals surface area contributed by atoms with Crippen molar-refractivity contribution in [1.82, 2.24) is 25.0 Å². The topological polar surface area (TPSA) is 70.8 Å². The minimum Gasteiger partial charge on any atom is -0.348 e. The average molecular weight is 247 g/mol. The van der Waals surface area contributed by atoms with Crippen LogP contribution in [-0.4, -0.2) is 38.1 Å². The van der Waals surface area contributed by atoms with E-state index in [-0.39, 0.29) is 0 Å². The minimum atomic E-state index is 0.445. The van der Waals surface area contributed by atoms with Crippen LogP contribution in [0.5, 0.6) is 0 Å². The van der Waals surface area contributed by atoms with Gasteiger partial charge in [-0.15, -0.1) is 0 Å². The van der Waals surface area contributed by atoms with Crippen LogP contribution >= 0.6 is 0 Å². The number of aromatic amines is 1. The summed E-state index contributed by atoms with van der Waals surface area (Å²) in [5.74, 6) is 1.30. The van der Waals surface area contributed by atoms with E-state index < -0.39 is 0 Å². The van der Waals surface area contributed by atoms with E-state index in [1.807, 2.05) is 0 Å². The number of nitrogens with zero attached hydrogens (tertiary/aromatic N) is 4. The summed E-state index contributed by atoms with van der Waals surface area (Å²) in [5, 5.41) is 3.93. The quantitative estimate of drug-likeness (QED) is 0.889. The Hall–Kier alpha value is -1.69. The zero-order chi connectivity index (χ0) is 12.4. The van der Waals surface area contributed by atoms with Gasteiger partial charge in [0.05, 0.1) is 12.0 Å². The summed E-state index contributed by atoms with van der Waals surface area (Å²) in [6.07, 6.45) is 5.34. The maximum absolute atomic E-state index is 4.81. The third-order valence-corrected chi connectivity index (χ3v) is 3.64. The molecular weight excluding hydrogens is 230 g/mol. The number of nitrogens with one attached hydrogen (secondary N) is 1. The number of aryl methyl sites for hydroxylation is 1. The van der Waals surface area contributed by atoms with Crippen molar-refractivity contribution in [2.75, 3.05) is 13.1 Å². The highest BCUT2D eigenvalue weighted by Gasteiger charge is 2.24. The molecule has 0 bridgehead atoms. The molecule has 1 aliphatic rings. The molecule has 6 heteroatoms. The molecule has 1 fully saturated rings. The van der Waals surface area contributed by atoms with E-state index in [2.05, 4.69) is 31.9 Å². The summed E-state index contributed by atoms with van der Waals surface area (Å²) in [4.78, 5) is 14.0. The SMILES string of the molecule is Cc1[nH]cnc1CN1CCC(c2ncon2)CC1. The van der Waals surface area contributed by atoms with Crippen molar-refractivity contribution in [2.24, 2.45) is 0 Å². The molecule has 2 aromatic heterocycles. The van der Waals surface area contributed by atoms with Crippen molar-refractivity contribution >= 4 is 0 Å². The van der Waals surface area contributed by atoms with E-state index in [0.717, 1.165) is 49.7 Å². The Bertz CT molecular complexity index is 484. The molecule has 0 aliphatic carbocycles. The monoisotopic (exact) mass is 247 g/mol. The van der Waals surface area contributed by atoms with Gasteiger partial charge in [-0.2, -0.15) is 4.98 Å². The lowest BCUT2D eigenvalue weighted by molar-refractivity contribution is 0.198. The predicted molar refractivity (Wildman–Crippen MR) is 64.9 cm³/mol. The first kappa shape index (κ1) is 11.4.